The van der Waals surface area contributed by atoms with Crippen molar-refractivity contribution >= 4 is 16.9 Å². The quantitative estimate of drug-likeness (QED) is 0.484. The maximum absolute atomic E-state index is 13.7. The minimum absolute atomic E-state index is 0.0327. The van der Waals surface area contributed by atoms with Gasteiger partial charge in [0.2, 0.25) is 5.76 Å². The van der Waals surface area contributed by atoms with Gasteiger partial charge in [0.25, 0.3) is 5.91 Å². The number of aliphatic hydroxyl groups excluding tert-OH is 1. The number of carbonyl (C=O) groups excluding carboxylic acids is 1. The van der Waals surface area contributed by atoms with Crippen LogP contribution in [0.4, 0.5) is 0 Å². The van der Waals surface area contributed by atoms with Gasteiger partial charge in [0.1, 0.15) is 17.1 Å². The number of aryl methyl sites for hydroxylation is 2. The van der Waals surface area contributed by atoms with E-state index in [0.717, 1.165) is 11.1 Å². The maximum atomic E-state index is 13.7. The van der Waals surface area contributed by atoms with Crippen molar-refractivity contribution in [3.05, 3.63) is 105 Å². The molecule has 3 aromatic carbocycles. The molecule has 1 atom stereocenters. The van der Waals surface area contributed by atoms with E-state index in [1.54, 1.807) is 6.07 Å². The van der Waals surface area contributed by atoms with Crippen LogP contribution in [0.1, 0.15) is 38.9 Å². The number of aliphatic hydroxyl groups is 1. The van der Waals surface area contributed by atoms with Crippen molar-refractivity contribution in [1.82, 2.24) is 4.90 Å². The van der Waals surface area contributed by atoms with Crippen LogP contribution < -0.4 is 10.2 Å². The first kappa shape index (κ1) is 21.0. The van der Waals surface area contributed by atoms with Crippen LogP contribution in [0.25, 0.3) is 11.0 Å². The number of β-amino-alcohol motifs (C(OH)–C–C–N with tert-alkyl or cyclic N) is 1. The van der Waals surface area contributed by atoms with Gasteiger partial charge in [0.05, 0.1) is 23.6 Å². The molecule has 0 spiro atoms. The lowest BCUT2D eigenvalue weighted by atomic mass is 9.96. The summed E-state index contributed by atoms with van der Waals surface area (Å²) in [6.07, 6.45) is 0. The van der Waals surface area contributed by atoms with Crippen LogP contribution in [-0.4, -0.2) is 29.1 Å². The second-order valence-corrected chi connectivity index (χ2v) is 8.24. The van der Waals surface area contributed by atoms with Crippen LogP contribution in [0, 0.1) is 13.8 Å². The number of rotatable bonds is 5. The fourth-order valence-corrected chi connectivity index (χ4v) is 4.57. The van der Waals surface area contributed by atoms with Gasteiger partial charge < -0.3 is 19.2 Å². The van der Waals surface area contributed by atoms with Gasteiger partial charge >= 0.3 is 0 Å². The highest BCUT2D eigenvalue weighted by Gasteiger charge is 2.42. The number of amides is 1. The third-order valence-electron chi connectivity index (χ3n) is 5.91. The standard InChI is InChI=1S/C27H23NO5/c1-16-13-17(2)22-21(14-16)33-26-23(25(22)30)24(28(11-12-29)27(26)31)18-7-6-10-20(15-18)32-19-8-4-3-5-9-19/h3-10,13-15,24,29H,11-12H2,1-2H3. The van der Waals surface area contributed by atoms with E-state index in [9.17, 15) is 14.7 Å². The molecule has 0 fully saturated rings. The first-order valence-corrected chi connectivity index (χ1v) is 10.8. The Balaban J connectivity index is 1.68. The van der Waals surface area contributed by atoms with Crippen LogP contribution in [0.2, 0.25) is 0 Å². The molecule has 33 heavy (non-hydrogen) atoms. The number of carbonyl (C=O) groups is 1. The first-order chi connectivity index (χ1) is 16.0. The summed E-state index contributed by atoms with van der Waals surface area (Å²) in [6.45, 7) is 3.62. The van der Waals surface area contributed by atoms with E-state index in [0.29, 0.717) is 33.6 Å². The SMILES string of the molecule is Cc1cc(C)c2c(=O)c3c(oc2c1)C(=O)N(CCO)C3c1cccc(Oc2ccccc2)c1. The normalized spacial score (nSPS) is 15.2. The van der Waals surface area contributed by atoms with Crippen molar-refractivity contribution in [3.63, 3.8) is 0 Å². The molecule has 1 aliphatic rings. The number of fused-ring (bicyclic) bond motifs is 2. The zero-order chi connectivity index (χ0) is 23.1. The lowest BCUT2D eigenvalue weighted by Crippen LogP contribution is -2.32. The van der Waals surface area contributed by atoms with E-state index in [1.807, 2.05) is 74.5 Å². The molecule has 0 radical (unpaired) electrons. The Morgan fingerprint density at radius 1 is 0.970 bits per heavy atom. The number of para-hydroxylation sites is 1. The maximum Gasteiger partial charge on any atom is 0.290 e. The second kappa shape index (κ2) is 8.22. The van der Waals surface area contributed by atoms with Crippen molar-refractivity contribution in [2.75, 3.05) is 13.2 Å². The topological polar surface area (TPSA) is 80.0 Å². The molecule has 0 saturated carbocycles. The minimum atomic E-state index is -0.680. The van der Waals surface area contributed by atoms with Gasteiger partial charge in [-0.2, -0.15) is 0 Å². The van der Waals surface area contributed by atoms with Crippen LogP contribution in [-0.2, 0) is 0 Å². The van der Waals surface area contributed by atoms with Gasteiger partial charge in [-0.25, -0.2) is 0 Å². The van der Waals surface area contributed by atoms with Crippen molar-refractivity contribution in [1.29, 1.82) is 0 Å². The molecule has 1 aromatic heterocycles. The minimum Gasteiger partial charge on any atom is -0.457 e. The Morgan fingerprint density at radius 3 is 2.48 bits per heavy atom. The molecule has 1 aliphatic heterocycles. The highest BCUT2D eigenvalue weighted by molar-refractivity contribution is 5.99. The van der Waals surface area contributed by atoms with Crippen LogP contribution in [0.15, 0.2) is 75.9 Å². The van der Waals surface area contributed by atoms with E-state index in [2.05, 4.69) is 0 Å². The summed E-state index contributed by atoms with van der Waals surface area (Å²) >= 11 is 0. The van der Waals surface area contributed by atoms with Gasteiger partial charge in [-0.3, -0.25) is 9.59 Å². The predicted molar refractivity (Wildman–Crippen MR) is 125 cm³/mol. The molecule has 0 saturated heterocycles. The molecule has 0 aliphatic carbocycles. The van der Waals surface area contributed by atoms with E-state index in [-0.39, 0.29) is 24.3 Å². The Bertz CT molecular complexity index is 1420. The molecular formula is C27H23NO5. The number of ether oxygens (including phenoxy) is 1. The molecule has 2 heterocycles. The Hall–Kier alpha value is -3.90. The van der Waals surface area contributed by atoms with Gasteiger partial charge in [-0.15, -0.1) is 0 Å². The van der Waals surface area contributed by atoms with Crippen molar-refractivity contribution < 1.29 is 19.1 Å². The van der Waals surface area contributed by atoms with Gasteiger partial charge in [-0.1, -0.05) is 36.4 Å². The van der Waals surface area contributed by atoms with Crippen LogP contribution in [0.5, 0.6) is 11.5 Å². The highest BCUT2D eigenvalue weighted by Crippen LogP contribution is 2.39. The zero-order valence-electron chi connectivity index (χ0n) is 18.4. The van der Waals surface area contributed by atoms with E-state index >= 15 is 0 Å². The summed E-state index contributed by atoms with van der Waals surface area (Å²) in [5.74, 6) is 0.892. The van der Waals surface area contributed by atoms with Gasteiger partial charge in [0.15, 0.2) is 5.43 Å². The molecule has 6 heteroatoms. The number of hydrogen-bond donors (Lipinski definition) is 1. The number of nitrogens with zero attached hydrogens (tertiary/aromatic N) is 1. The van der Waals surface area contributed by atoms with Crippen molar-refractivity contribution in [2.45, 2.75) is 19.9 Å². The zero-order valence-corrected chi connectivity index (χ0v) is 18.4. The molecule has 166 valence electrons. The average molecular weight is 441 g/mol. The summed E-state index contributed by atoms with van der Waals surface area (Å²) in [6, 6.07) is 19.7. The fourth-order valence-electron chi connectivity index (χ4n) is 4.57. The molecule has 1 amide bonds. The largest absolute Gasteiger partial charge is 0.457 e. The molecule has 1 N–H and O–H groups in total. The predicted octanol–water partition coefficient (Wildman–Crippen LogP) is 4.74. The lowest BCUT2D eigenvalue weighted by Gasteiger charge is -2.24. The van der Waals surface area contributed by atoms with Crippen molar-refractivity contribution in [2.24, 2.45) is 0 Å². The summed E-state index contributed by atoms with van der Waals surface area (Å²) in [5.41, 5.74) is 2.93. The summed E-state index contributed by atoms with van der Waals surface area (Å²) in [5, 5.41) is 10.1. The molecule has 6 nitrogen and oxygen atoms in total. The Kier molecular flexibility index (Phi) is 5.23. The number of benzene rings is 3. The highest BCUT2D eigenvalue weighted by atomic mass is 16.5. The Morgan fingerprint density at radius 2 is 1.73 bits per heavy atom. The van der Waals surface area contributed by atoms with Gasteiger partial charge in [-0.05, 0) is 60.9 Å². The van der Waals surface area contributed by atoms with E-state index in [4.69, 9.17) is 9.15 Å². The van der Waals surface area contributed by atoms with E-state index in [1.165, 1.54) is 4.90 Å². The molecule has 4 aromatic rings. The molecule has 5 rings (SSSR count). The fraction of sp³-hybridized carbons (Fsp3) is 0.185. The molecule has 0 bridgehead atoms. The third kappa shape index (κ3) is 3.58. The second-order valence-electron chi connectivity index (χ2n) is 8.24. The van der Waals surface area contributed by atoms with Crippen molar-refractivity contribution in [3.8, 4) is 11.5 Å². The molecule has 1 unspecified atom stereocenters. The average Bonchev–Trinajstić information content (AvgIpc) is 3.06. The number of hydrogen-bond acceptors (Lipinski definition) is 5. The smallest absolute Gasteiger partial charge is 0.290 e. The van der Waals surface area contributed by atoms with Crippen LogP contribution >= 0.6 is 0 Å². The Labute approximate surface area is 190 Å². The summed E-state index contributed by atoms with van der Waals surface area (Å²) in [7, 11) is 0. The van der Waals surface area contributed by atoms with Gasteiger partial charge in [0, 0.05) is 6.54 Å². The lowest BCUT2D eigenvalue weighted by molar-refractivity contribution is 0.0691. The first-order valence-electron chi connectivity index (χ1n) is 10.8. The summed E-state index contributed by atoms with van der Waals surface area (Å²) in [4.78, 5) is 28.4. The van der Waals surface area contributed by atoms with E-state index < -0.39 is 11.9 Å². The molecular weight excluding hydrogens is 418 g/mol. The monoisotopic (exact) mass is 441 g/mol. The third-order valence-corrected chi connectivity index (χ3v) is 5.91. The summed E-state index contributed by atoms with van der Waals surface area (Å²) < 4.78 is 12.0. The van der Waals surface area contributed by atoms with Crippen LogP contribution in [0.3, 0.4) is 0 Å².